The van der Waals surface area contributed by atoms with Crippen LogP contribution in [-0.4, -0.2) is 25.2 Å². The largest absolute Gasteiger partial charge is 0.490 e. The van der Waals surface area contributed by atoms with Gasteiger partial charge < -0.3 is 9.47 Å². The summed E-state index contributed by atoms with van der Waals surface area (Å²) in [6.07, 6.45) is 5.00. The molecule has 102 valence electrons. The van der Waals surface area contributed by atoms with Gasteiger partial charge in [-0.1, -0.05) is 11.8 Å². The third kappa shape index (κ3) is 4.45. The van der Waals surface area contributed by atoms with Crippen LogP contribution >= 0.6 is 11.6 Å². The van der Waals surface area contributed by atoms with E-state index in [1.54, 1.807) is 7.11 Å². The zero-order valence-corrected chi connectivity index (χ0v) is 12.0. The van der Waals surface area contributed by atoms with E-state index in [-0.39, 0.29) is 6.10 Å². The summed E-state index contributed by atoms with van der Waals surface area (Å²) in [4.78, 5) is 0. The highest BCUT2D eigenvalue weighted by atomic mass is 35.5. The Balaban J connectivity index is 1.92. The lowest BCUT2D eigenvalue weighted by Crippen LogP contribution is -2.29. The van der Waals surface area contributed by atoms with Gasteiger partial charge in [0.05, 0.1) is 12.0 Å². The van der Waals surface area contributed by atoms with Crippen molar-refractivity contribution in [3.8, 4) is 17.6 Å². The highest BCUT2D eigenvalue weighted by molar-refractivity contribution is 6.19. The fourth-order valence-electron chi connectivity index (χ4n) is 2.37. The van der Waals surface area contributed by atoms with Crippen LogP contribution in [0.15, 0.2) is 24.3 Å². The number of hydrogen-bond acceptors (Lipinski definition) is 2. The molecule has 2 rings (SSSR count). The summed E-state index contributed by atoms with van der Waals surface area (Å²) < 4.78 is 11.4. The summed E-state index contributed by atoms with van der Waals surface area (Å²) >= 11 is 5.53. The second-order valence-electron chi connectivity index (χ2n) is 4.72. The minimum atomic E-state index is 0.262. The average Bonchev–Trinajstić information content (AvgIpc) is 2.47. The molecule has 1 saturated carbocycles. The Morgan fingerprint density at radius 1 is 1.21 bits per heavy atom. The highest BCUT2D eigenvalue weighted by Crippen LogP contribution is 2.25. The lowest BCUT2D eigenvalue weighted by atomic mass is 9.95. The smallest absolute Gasteiger partial charge is 0.119 e. The number of hydrogen-bond donors (Lipinski definition) is 0. The number of methoxy groups -OCH3 is 1. The van der Waals surface area contributed by atoms with E-state index in [4.69, 9.17) is 21.1 Å². The van der Waals surface area contributed by atoms with Gasteiger partial charge in [-0.2, -0.15) is 0 Å². The maximum atomic E-state index is 5.99. The number of alkyl halides is 1. The monoisotopic (exact) mass is 278 g/mol. The van der Waals surface area contributed by atoms with Gasteiger partial charge in [0.25, 0.3) is 0 Å². The maximum absolute atomic E-state index is 5.99. The summed E-state index contributed by atoms with van der Waals surface area (Å²) in [6, 6.07) is 7.86. The molecule has 2 unspecified atom stereocenters. The number of ether oxygens (including phenoxy) is 2. The van der Waals surface area contributed by atoms with Crippen molar-refractivity contribution in [3.63, 3.8) is 0 Å². The summed E-state index contributed by atoms with van der Waals surface area (Å²) in [5.41, 5.74) is 0.964. The van der Waals surface area contributed by atoms with Crippen molar-refractivity contribution < 1.29 is 9.47 Å². The van der Waals surface area contributed by atoms with E-state index in [0.717, 1.165) is 30.6 Å². The second kappa shape index (κ2) is 7.43. The van der Waals surface area contributed by atoms with Gasteiger partial charge in [-0.15, -0.1) is 11.6 Å². The number of rotatable bonds is 3. The molecule has 0 bridgehead atoms. The lowest BCUT2D eigenvalue weighted by molar-refractivity contribution is 0.0210. The first-order valence-corrected chi connectivity index (χ1v) is 7.19. The molecule has 2 nitrogen and oxygen atoms in total. The van der Waals surface area contributed by atoms with Crippen LogP contribution in [0.2, 0.25) is 0 Å². The molecule has 1 aromatic carbocycles. The van der Waals surface area contributed by atoms with Crippen molar-refractivity contribution in [2.45, 2.75) is 37.9 Å². The second-order valence-corrected chi connectivity index (χ2v) is 4.99. The first-order valence-electron chi connectivity index (χ1n) is 6.66. The van der Waals surface area contributed by atoms with Crippen LogP contribution in [0.1, 0.15) is 31.2 Å². The maximum Gasteiger partial charge on any atom is 0.119 e. The van der Waals surface area contributed by atoms with Crippen molar-refractivity contribution in [1.29, 1.82) is 0 Å². The molecule has 1 aliphatic rings. The summed E-state index contributed by atoms with van der Waals surface area (Å²) in [7, 11) is 1.78. The van der Waals surface area contributed by atoms with Gasteiger partial charge in [0.1, 0.15) is 11.9 Å². The zero-order valence-electron chi connectivity index (χ0n) is 11.2. The molecule has 0 aromatic heterocycles. The molecule has 2 atom stereocenters. The molecular weight excluding hydrogens is 260 g/mol. The SMILES string of the molecule is COC1CCCC(Oc2ccc(C#CCCl)cc2)C1. The zero-order chi connectivity index (χ0) is 13.5. The fraction of sp³-hybridized carbons (Fsp3) is 0.500. The molecule has 0 saturated heterocycles. The third-order valence-electron chi connectivity index (χ3n) is 3.37. The Hall–Kier alpha value is -1.17. The predicted octanol–water partition coefficient (Wildman–Crippen LogP) is 3.61. The summed E-state index contributed by atoms with van der Waals surface area (Å²) in [6.45, 7) is 0. The number of halogens is 1. The Kier molecular flexibility index (Phi) is 5.57. The van der Waals surface area contributed by atoms with Crippen molar-refractivity contribution in [2.75, 3.05) is 13.0 Å². The molecule has 0 aliphatic heterocycles. The standard InChI is InChI=1S/C16H19ClO2/c1-18-15-5-2-6-16(12-15)19-14-9-7-13(8-10-14)4-3-11-17/h7-10,15-16H,2,5-6,11-12H2,1H3. The van der Waals surface area contributed by atoms with Gasteiger partial charge in [0.15, 0.2) is 0 Å². The summed E-state index contributed by atoms with van der Waals surface area (Å²) in [5, 5.41) is 0. The van der Waals surface area contributed by atoms with Crippen LogP contribution in [0, 0.1) is 11.8 Å². The molecule has 0 N–H and O–H groups in total. The van der Waals surface area contributed by atoms with Crippen LogP contribution < -0.4 is 4.74 Å². The van der Waals surface area contributed by atoms with Gasteiger partial charge in [-0.3, -0.25) is 0 Å². The van der Waals surface area contributed by atoms with Gasteiger partial charge >= 0.3 is 0 Å². The van der Waals surface area contributed by atoms with Gasteiger partial charge in [0.2, 0.25) is 0 Å². The highest BCUT2D eigenvalue weighted by Gasteiger charge is 2.22. The van der Waals surface area contributed by atoms with Crippen molar-refractivity contribution in [3.05, 3.63) is 29.8 Å². The summed E-state index contributed by atoms with van der Waals surface area (Å²) in [5.74, 6) is 7.08. The fourth-order valence-corrected chi connectivity index (χ4v) is 2.43. The van der Waals surface area contributed by atoms with E-state index >= 15 is 0 Å². The Labute approximate surface area is 120 Å². The third-order valence-corrected chi connectivity index (χ3v) is 3.50. The number of benzene rings is 1. The molecule has 0 heterocycles. The predicted molar refractivity (Wildman–Crippen MR) is 77.7 cm³/mol. The van der Waals surface area contributed by atoms with Crippen LogP contribution in [0.25, 0.3) is 0 Å². The van der Waals surface area contributed by atoms with Crippen LogP contribution in [0.3, 0.4) is 0 Å². The molecule has 1 fully saturated rings. The molecule has 0 spiro atoms. The van der Waals surface area contributed by atoms with Gasteiger partial charge in [0, 0.05) is 19.1 Å². The van der Waals surface area contributed by atoms with E-state index in [9.17, 15) is 0 Å². The van der Waals surface area contributed by atoms with E-state index in [1.165, 1.54) is 6.42 Å². The Morgan fingerprint density at radius 3 is 2.63 bits per heavy atom. The Bertz CT molecular complexity index is 444. The van der Waals surface area contributed by atoms with Gasteiger partial charge in [-0.05, 0) is 43.5 Å². The van der Waals surface area contributed by atoms with Crippen molar-refractivity contribution in [1.82, 2.24) is 0 Å². The molecule has 3 heteroatoms. The van der Waals surface area contributed by atoms with Crippen LogP contribution in [-0.2, 0) is 4.74 Å². The topological polar surface area (TPSA) is 18.5 Å². The molecule has 0 amide bonds. The quantitative estimate of drug-likeness (QED) is 0.621. The van der Waals surface area contributed by atoms with Crippen molar-refractivity contribution >= 4 is 11.6 Å². The normalized spacial score (nSPS) is 22.4. The van der Waals surface area contributed by atoms with Crippen LogP contribution in [0.4, 0.5) is 0 Å². The molecule has 1 aliphatic carbocycles. The average molecular weight is 279 g/mol. The molecule has 19 heavy (non-hydrogen) atoms. The van der Waals surface area contributed by atoms with Crippen LogP contribution in [0.5, 0.6) is 5.75 Å². The Morgan fingerprint density at radius 2 is 1.95 bits per heavy atom. The van der Waals surface area contributed by atoms with E-state index < -0.39 is 0 Å². The van der Waals surface area contributed by atoms with Crippen molar-refractivity contribution in [2.24, 2.45) is 0 Å². The van der Waals surface area contributed by atoms with E-state index in [1.807, 2.05) is 24.3 Å². The molecule has 0 radical (unpaired) electrons. The lowest BCUT2D eigenvalue weighted by Gasteiger charge is -2.28. The first kappa shape index (κ1) is 14.2. The molecule has 1 aromatic rings. The molecular formula is C16H19ClO2. The van der Waals surface area contributed by atoms with E-state index in [2.05, 4.69) is 11.8 Å². The van der Waals surface area contributed by atoms with E-state index in [0.29, 0.717) is 12.0 Å². The minimum Gasteiger partial charge on any atom is -0.490 e. The van der Waals surface area contributed by atoms with Gasteiger partial charge in [-0.25, -0.2) is 0 Å². The first-order chi connectivity index (χ1) is 9.31. The minimum absolute atomic E-state index is 0.262.